The van der Waals surface area contributed by atoms with Gasteiger partial charge in [-0.25, -0.2) is 24.9 Å². The molecule has 1 fully saturated rings. The molecule has 0 bridgehead atoms. The van der Waals surface area contributed by atoms with E-state index in [4.69, 9.17) is 5.73 Å². The second-order valence-electron chi connectivity index (χ2n) is 21.0. The van der Waals surface area contributed by atoms with Crippen LogP contribution in [0.5, 0.6) is 0 Å². The number of nitrogens with two attached hydrogens (primary N) is 1. The maximum absolute atomic E-state index is 14.1. The highest BCUT2D eigenvalue weighted by molar-refractivity contribution is 7.62. The van der Waals surface area contributed by atoms with Crippen LogP contribution in [-0.4, -0.2) is 111 Å². The molecule has 7 aromatic rings. The van der Waals surface area contributed by atoms with Crippen LogP contribution in [0.15, 0.2) is 110 Å². The lowest BCUT2D eigenvalue weighted by molar-refractivity contribution is -0.138. The second-order valence-corrected chi connectivity index (χ2v) is 29.5. The van der Waals surface area contributed by atoms with Crippen molar-refractivity contribution in [3.8, 4) is 29.4 Å². The fraction of sp³-hybridized carbons (Fsp3) is 0.288. The zero-order chi connectivity index (χ0) is 57.2. The van der Waals surface area contributed by atoms with Gasteiger partial charge in [0.2, 0.25) is 11.9 Å². The number of halogens is 3. The number of nitrogen functional groups attached to an aromatic ring is 1. The smallest absolute Gasteiger partial charge is 0.382 e. The van der Waals surface area contributed by atoms with Gasteiger partial charge in [0.15, 0.2) is 5.78 Å². The number of imidazole rings is 1. The molecule has 4 heterocycles. The van der Waals surface area contributed by atoms with Crippen LogP contribution in [0.3, 0.4) is 0 Å². The second kappa shape index (κ2) is 25.2. The van der Waals surface area contributed by atoms with Crippen LogP contribution in [0.1, 0.15) is 83.5 Å². The van der Waals surface area contributed by atoms with E-state index in [9.17, 15) is 32.1 Å². The fourth-order valence-electron chi connectivity index (χ4n) is 8.38. The first-order valence-corrected chi connectivity index (χ1v) is 31.6. The predicted octanol–water partition coefficient (Wildman–Crippen LogP) is 9.34. The number of hydrogen-bond acceptors (Lipinski definition) is 12. The summed E-state index contributed by atoms with van der Waals surface area (Å²) in [5.74, 6) is 11.8. The Bertz CT molecular complexity index is 3560. The van der Waals surface area contributed by atoms with Gasteiger partial charge in [0, 0.05) is 98.3 Å². The number of nitrogens with one attached hydrogen (secondary N) is 2. The zero-order valence-corrected chi connectivity index (χ0v) is 47.6. The Morgan fingerprint density at radius 3 is 2.03 bits per heavy atom. The molecule has 4 aromatic carbocycles. The zero-order valence-electron chi connectivity index (χ0n) is 45.7. The van der Waals surface area contributed by atoms with Crippen LogP contribution in [0, 0.1) is 44.5 Å². The Balaban J connectivity index is 0.000000229. The fourth-order valence-corrected chi connectivity index (χ4v) is 10.8. The topological polar surface area (TPSA) is 194 Å². The van der Waals surface area contributed by atoms with Gasteiger partial charge < -0.3 is 20.2 Å². The third kappa shape index (κ3) is 17.2. The maximum atomic E-state index is 14.1. The van der Waals surface area contributed by atoms with E-state index >= 15 is 0 Å². The summed E-state index contributed by atoms with van der Waals surface area (Å²) >= 11 is 0. The summed E-state index contributed by atoms with van der Waals surface area (Å²) in [5.41, 5.74) is 13.0. The number of hydrogen-bond donors (Lipinski definition) is 3. The number of nitrogens with zero attached hydrogens (tertiary/aromatic N) is 8. The van der Waals surface area contributed by atoms with Crippen molar-refractivity contribution in [3.05, 3.63) is 177 Å². The minimum absolute atomic E-state index is 0.158. The first kappa shape index (κ1) is 58.6. The Morgan fingerprint density at radius 1 is 0.734 bits per heavy atom. The number of carbonyl (C=O) groups excluding carboxylic acids is 3. The number of aryl methyl sites for hydroxylation is 3. The van der Waals surface area contributed by atoms with Crippen molar-refractivity contribution >= 4 is 55.5 Å². The standard InChI is InChI=1S/C30H33F3N5O2P.C29H30N6O2Si/c1-21-4-6-24(16-23(21)8-9-26-17-36-29(34)18-35-26)28(39)15-22-5-7-25(27(14-22)30(31,32)33)19-37-10-12-38(13-11-37)20-41(2,3)40;1-19-7-10-25(11-23(19)9-8-22-15-30-29(31-16-22)33-21(3)36)34-28(37)24-12-26(35-17-20(2)32-18-35)14-27(13-24)38(4,5)6/h4-7,14,16-18H,10-13,15,19-20H2,1-3H3,(H2,34,36);7,10-18H,1-6H3,(H,34,37)(H,30,31,33,36). The van der Waals surface area contributed by atoms with Gasteiger partial charge in [-0.15, -0.1) is 0 Å². The molecule has 1 saturated heterocycles. The van der Waals surface area contributed by atoms with Crippen LogP contribution < -0.4 is 21.6 Å². The number of anilines is 3. The Morgan fingerprint density at radius 2 is 1.41 bits per heavy atom. The number of alkyl halides is 3. The first-order chi connectivity index (χ1) is 37.2. The average molecular weight is 1110 g/mol. The lowest BCUT2D eigenvalue weighted by atomic mass is 9.96. The Kier molecular flexibility index (Phi) is 18.7. The van der Waals surface area contributed by atoms with Gasteiger partial charge in [0.05, 0.1) is 57.0 Å². The molecule has 4 N–H and O–H groups in total. The summed E-state index contributed by atoms with van der Waals surface area (Å²) in [4.78, 5) is 62.2. The average Bonchev–Trinajstić information content (AvgIpc) is 3.84. The number of carbonyl (C=O) groups is 3. The summed E-state index contributed by atoms with van der Waals surface area (Å²) in [7, 11) is -3.89. The van der Waals surface area contributed by atoms with Gasteiger partial charge in [-0.05, 0) is 98.7 Å². The van der Waals surface area contributed by atoms with E-state index < -0.39 is 27.0 Å². The summed E-state index contributed by atoms with van der Waals surface area (Å²) in [5, 5.41) is 6.75. The Labute approximate surface area is 460 Å². The van der Waals surface area contributed by atoms with Gasteiger partial charge in [-0.2, -0.15) is 13.2 Å². The Hall–Kier alpha value is -8.06. The van der Waals surface area contributed by atoms with Gasteiger partial charge in [-0.1, -0.05) is 79.0 Å². The van der Waals surface area contributed by atoms with Crippen molar-refractivity contribution in [1.29, 1.82) is 0 Å². The number of rotatable bonds is 12. The molecule has 1 aliphatic rings. The van der Waals surface area contributed by atoms with Gasteiger partial charge in [-0.3, -0.25) is 29.5 Å². The molecule has 1 aliphatic heterocycles. The number of benzene rings is 4. The highest BCUT2D eigenvalue weighted by Crippen LogP contribution is 2.37. The molecule has 79 heavy (non-hydrogen) atoms. The molecular weight excluding hydrogens is 1040 g/mol. The molecule has 2 amide bonds. The molecule has 0 radical (unpaired) electrons. The van der Waals surface area contributed by atoms with E-state index in [2.05, 4.69) is 89.8 Å². The molecule has 3 aromatic heterocycles. The van der Waals surface area contributed by atoms with Gasteiger partial charge in [0.1, 0.15) is 11.5 Å². The molecule has 0 atom stereocenters. The summed E-state index contributed by atoms with van der Waals surface area (Å²) in [6, 6.07) is 20.9. The van der Waals surface area contributed by atoms with E-state index in [1.54, 1.807) is 56.3 Å². The molecule has 15 nitrogen and oxygen atoms in total. The van der Waals surface area contributed by atoms with Crippen molar-refractivity contribution in [1.82, 2.24) is 39.3 Å². The van der Waals surface area contributed by atoms with Gasteiger partial charge >= 0.3 is 6.18 Å². The largest absolute Gasteiger partial charge is 0.416 e. The van der Waals surface area contributed by atoms with Crippen molar-refractivity contribution in [2.24, 2.45) is 0 Å². The minimum Gasteiger partial charge on any atom is -0.382 e. The lowest BCUT2D eigenvalue weighted by Gasteiger charge is -2.35. The van der Waals surface area contributed by atoms with E-state index in [0.717, 1.165) is 34.1 Å². The quantitative estimate of drug-likeness (QED) is 0.0455. The van der Waals surface area contributed by atoms with Crippen molar-refractivity contribution in [3.63, 3.8) is 0 Å². The SMILES string of the molecule is CC(=O)Nc1ncc(C#Cc2cc(NC(=O)c3cc(-n4cnc(C)c4)cc([Si](C)(C)C)c3)ccc2C)cn1.Cc1ccc(C(=O)Cc2ccc(CN3CCN(CP(C)(C)=O)CC3)c(C(F)(F)F)c2)cc1C#Cc1cnc(N)cn1. The molecule has 0 unspecified atom stereocenters. The van der Waals surface area contributed by atoms with Crippen LogP contribution in [-0.2, 0) is 28.5 Å². The molecule has 408 valence electrons. The first-order valence-electron chi connectivity index (χ1n) is 25.4. The molecule has 20 heteroatoms. The summed E-state index contributed by atoms with van der Waals surface area (Å²) in [6.45, 7) is 20.1. The third-order valence-electron chi connectivity index (χ3n) is 12.6. The van der Waals surface area contributed by atoms with E-state index in [0.29, 0.717) is 71.7 Å². The van der Waals surface area contributed by atoms with Crippen molar-refractivity contribution < 1.29 is 32.1 Å². The molecule has 0 spiro atoms. The van der Waals surface area contributed by atoms with Crippen molar-refractivity contribution in [2.45, 2.75) is 66.5 Å². The highest BCUT2D eigenvalue weighted by Gasteiger charge is 2.34. The third-order valence-corrected chi connectivity index (χ3v) is 15.7. The molecular formula is C59H63F3N11O4PSi. The van der Waals surface area contributed by atoms with E-state index in [-0.39, 0.29) is 47.9 Å². The molecule has 0 saturated carbocycles. The monoisotopic (exact) mass is 1110 g/mol. The summed E-state index contributed by atoms with van der Waals surface area (Å²) < 4.78 is 56.2. The lowest BCUT2D eigenvalue weighted by Crippen LogP contribution is -2.46. The molecule has 0 aliphatic carbocycles. The number of Topliss-reactive ketones (excluding diaryl/α,β-unsaturated/α-hetero) is 1. The van der Waals surface area contributed by atoms with E-state index in [1.807, 2.05) is 66.8 Å². The number of amides is 2. The van der Waals surface area contributed by atoms with Crippen LogP contribution in [0.4, 0.5) is 30.6 Å². The van der Waals surface area contributed by atoms with Gasteiger partial charge in [0.25, 0.3) is 5.91 Å². The van der Waals surface area contributed by atoms with Crippen molar-refractivity contribution in [2.75, 3.05) is 62.2 Å². The summed E-state index contributed by atoms with van der Waals surface area (Å²) in [6.07, 6.45) is 5.47. The number of piperazine rings is 1. The van der Waals surface area contributed by atoms with E-state index in [1.165, 1.54) is 30.6 Å². The minimum atomic E-state index is -4.55. The van der Waals surface area contributed by atoms with Crippen LogP contribution in [0.2, 0.25) is 19.6 Å². The van der Waals surface area contributed by atoms with Crippen LogP contribution >= 0.6 is 7.14 Å². The highest BCUT2D eigenvalue weighted by atomic mass is 31.2. The van der Waals surface area contributed by atoms with Crippen LogP contribution in [0.25, 0.3) is 5.69 Å². The normalized spacial score (nSPS) is 13.0. The predicted molar refractivity (Wildman–Crippen MR) is 307 cm³/mol. The number of aromatic nitrogens is 6. The molecule has 8 rings (SSSR count). The maximum Gasteiger partial charge on any atom is 0.416 e. The number of ketones is 1.